The molecule has 0 saturated carbocycles. The Hall–Kier alpha value is -2.91. The summed E-state index contributed by atoms with van der Waals surface area (Å²) in [6.45, 7) is 2.38. The Morgan fingerprint density at radius 3 is 2.38 bits per heavy atom. The van der Waals surface area contributed by atoms with Crippen LogP contribution in [0.3, 0.4) is 0 Å². The van der Waals surface area contributed by atoms with E-state index < -0.39 is 11.9 Å². The van der Waals surface area contributed by atoms with Crippen molar-refractivity contribution in [3.8, 4) is 11.5 Å². The number of aryl methyl sites for hydroxylation is 2. The molecule has 1 aromatic carbocycles. The van der Waals surface area contributed by atoms with E-state index in [1.165, 1.54) is 13.2 Å². The first-order chi connectivity index (χ1) is 13.6. The number of hydrogen-bond donors (Lipinski definition) is 1. The first-order valence-electron chi connectivity index (χ1n) is 8.83. The van der Waals surface area contributed by atoms with Crippen LogP contribution in [-0.4, -0.2) is 49.0 Å². The zero-order chi connectivity index (χ0) is 21.8. The number of aliphatic imine (C=N–C) groups is 1. The number of halogens is 3. The number of guanidine groups is 1. The van der Waals surface area contributed by atoms with E-state index in [4.69, 9.17) is 9.47 Å². The SMILES string of the molecule is CN=C(NCc1cn(C)nc1C(F)(F)F)N(C)Cc1cc(OC)c(OC)cc1C. The van der Waals surface area contributed by atoms with Gasteiger partial charge in [0.25, 0.3) is 0 Å². The van der Waals surface area contributed by atoms with Crippen LogP contribution >= 0.6 is 0 Å². The minimum atomic E-state index is -4.51. The molecule has 0 bridgehead atoms. The molecule has 2 aromatic rings. The van der Waals surface area contributed by atoms with E-state index in [9.17, 15) is 13.2 Å². The second kappa shape index (κ2) is 9.06. The molecule has 0 aliphatic rings. The third-order valence-electron chi connectivity index (χ3n) is 4.43. The molecular weight excluding hydrogens is 387 g/mol. The van der Waals surface area contributed by atoms with E-state index >= 15 is 0 Å². The lowest BCUT2D eigenvalue weighted by Crippen LogP contribution is -2.38. The number of alkyl halides is 3. The summed E-state index contributed by atoms with van der Waals surface area (Å²) in [4.78, 5) is 5.99. The van der Waals surface area contributed by atoms with Crippen molar-refractivity contribution >= 4 is 5.96 Å². The molecule has 1 N–H and O–H groups in total. The van der Waals surface area contributed by atoms with Gasteiger partial charge in [-0.2, -0.15) is 18.3 Å². The Kier molecular flexibility index (Phi) is 6.99. The zero-order valence-corrected chi connectivity index (χ0v) is 17.4. The van der Waals surface area contributed by atoms with Gasteiger partial charge >= 0.3 is 6.18 Å². The van der Waals surface area contributed by atoms with Crippen LogP contribution < -0.4 is 14.8 Å². The highest BCUT2D eigenvalue weighted by Crippen LogP contribution is 2.31. The van der Waals surface area contributed by atoms with Crippen LogP contribution in [0.1, 0.15) is 22.4 Å². The predicted molar refractivity (Wildman–Crippen MR) is 104 cm³/mol. The van der Waals surface area contributed by atoms with Gasteiger partial charge in [-0.1, -0.05) is 0 Å². The van der Waals surface area contributed by atoms with Crippen molar-refractivity contribution in [3.63, 3.8) is 0 Å². The van der Waals surface area contributed by atoms with Crippen molar-refractivity contribution in [1.29, 1.82) is 0 Å². The molecule has 1 heterocycles. The Balaban J connectivity index is 2.14. The lowest BCUT2D eigenvalue weighted by Gasteiger charge is -2.23. The normalized spacial score (nSPS) is 12.1. The van der Waals surface area contributed by atoms with Crippen molar-refractivity contribution in [3.05, 3.63) is 40.7 Å². The van der Waals surface area contributed by atoms with Crippen LogP contribution in [0.15, 0.2) is 23.3 Å². The standard InChI is InChI=1S/C19H26F3N5O2/c1-12-7-15(28-5)16(29-6)8-13(12)10-26(3)18(23-2)24-9-14-11-27(4)25-17(14)19(20,21)22/h7-8,11H,9-10H2,1-6H3,(H,23,24). The third kappa shape index (κ3) is 5.33. The number of ether oxygens (including phenoxy) is 2. The van der Waals surface area contributed by atoms with Gasteiger partial charge in [-0.3, -0.25) is 9.67 Å². The number of methoxy groups -OCH3 is 2. The van der Waals surface area contributed by atoms with E-state index in [0.29, 0.717) is 24.0 Å². The number of rotatable bonds is 6. The monoisotopic (exact) mass is 413 g/mol. The van der Waals surface area contributed by atoms with Crippen LogP contribution in [0.2, 0.25) is 0 Å². The van der Waals surface area contributed by atoms with E-state index in [2.05, 4.69) is 15.4 Å². The molecule has 0 aliphatic carbocycles. The maximum absolute atomic E-state index is 13.1. The largest absolute Gasteiger partial charge is 0.493 e. The van der Waals surface area contributed by atoms with Crippen molar-refractivity contribution in [2.75, 3.05) is 28.3 Å². The van der Waals surface area contributed by atoms with Gasteiger partial charge in [0.1, 0.15) is 0 Å². The van der Waals surface area contributed by atoms with Gasteiger partial charge in [0.2, 0.25) is 0 Å². The molecule has 0 radical (unpaired) electrons. The summed E-state index contributed by atoms with van der Waals surface area (Å²) in [7, 11) is 7.98. The average molecular weight is 413 g/mol. The summed E-state index contributed by atoms with van der Waals surface area (Å²) < 4.78 is 51.2. The molecule has 0 aliphatic heterocycles. The molecule has 0 fully saturated rings. The van der Waals surface area contributed by atoms with E-state index in [-0.39, 0.29) is 12.1 Å². The van der Waals surface area contributed by atoms with Gasteiger partial charge in [-0.15, -0.1) is 0 Å². The fourth-order valence-electron chi connectivity index (χ4n) is 2.99. The second-order valence-electron chi connectivity index (χ2n) is 6.56. The van der Waals surface area contributed by atoms with Crippen LogP contribution in [0.4, 0.5) is 13.2 Å². The van der Waals surface area contributed by atoms with E-state index in [0.717, 1.165) is 15.8 Å². The third-order valence-corrected chi connectivity index (χ3v) is 4.43. The second-order valence-corrected chi connectivity index (χ2v) is 6.56. The maximum atomic E-state index is 13.1. The molecule has 29 heavy (non-hydrogen) atoms. The molecule has 0 atom stereocenters. The van der Waals surface area contributed by atoms with Gasteiger partial charge in [0.05, 0.1) is 14.2 Å². The van der Waals surface area contributed by atoms with E-state index in [1.807, 2.05) is 24.0 Å². The van der Waals surface area contributed by atoms with Crippen LogP contribution in [-0.2, 0) is 26.3 Å². The molecular formula is C19H26F3N5O2. The molecule has 7 nitrogen and oxygen atoms in total. The Bertz CT molecular complexity index is 877. The van der Waals surface area contributed by atoms with Gasteiger partial charge in [-0.05, 0) is 30.2 Å². The molecule has 1 aromatic heterocycles. The van der Waals surface area contributed by atoms with Crippen LogP contribution in [0.25, 0.3) is 0 Å². The maximum Gasteiger partial charge on any atom is 0.435 e. The molecule has 160 valence electrons. The highest BCUT2D eigenvalue weighted by atomic mass is 19.4. The van der Waals surface area contributed by atoms with Crippen LogP contribution in [0.5, 0.6) is 11.5 Å². The lowest BCUT2D eigenvalue weighted by molar-refractivity contribution is -0.142. The highest BCUT2D eigenvalue weighted by Gasteiger charge is 2.36. The van der Waals surface area contributed by atoms with Gasteiger partial charge in [0, 0.05) is 46.0 Å². The summed E-state index contributed by atoms with van der Waals surface area (Å²) >= 11 is 0. The van der Waals surface area contributed by atoms with E-state index in [1.54, 1.807) is 28.3 Å². The Morgan fingerprint density at radius 2 is 1.83 bits per heavy atom. The Labute approximate surface area is 168 Å². The Morgan fingerprint density at radius 1 is 1.21 bits per heavy atom. The number of benzene rings is 1. The number of nitrogens with zero attached hydrogens (tertiary/aromatic N) is 4. The summed E-state index contributed by atoms with van der Waals surface area (Å²) in [5.74, 6) is 1.70. The summed E-state index contributed by atoms with van der Waals surface area (Å²) in [5, 5.41) is 6.49. The predicted octanol–water partition coefficient (Wildman–Crippen LogP) is 2.97. The van der Waals surface area contributed by atoms with Crippen molar-refractivity contribution in [2.45, 2.75) is 26.2 Å². The minimum Gasteiger partial charge on any atom is -0.493 e. The van der Waals surface area contributed by atoms with Crippen LogP contribution in [0, 0.1) is 6.92 Å². The van der Waals surface area contributed by atoms with Gasteiger partial charge in [0.15, 0.2) is 23.2 Å². The fourth-order valence-corrected chi connectivity index (χ4v) is 2.99. The molecule has 0 spiro atoms. The lowest BCUT2D eigenvalue weighted by atomic mass is 10.1. The first-order valence-corrected chi connectivity index (χ1v) is 8.83. The number of hydrogen-bond acceptors (Lipinski definition) is 4. The van der Waals surface area contributed by atoms with Gasteiger partial charge in [-0.25, -0.2) is 0 Å². The summed E-state index contributed by atoms with van der Waals surface area (Å²) in [5.41, 5.74) is 1.13. The van der Waals surface area contributed by atoms with Gasteiger partial charge < -0.3 is 19.7 Å². The quantitative estimate of drug-likeness (QED) is 0.583. The topological polar surface area (TPSA) is 63.9 Å². The van der Waals surface area contributed by atoms with Crippen molar-refractivity contribution in [2.24, 2.45) is 12.0 Å². The smallest absolute Gasteiger partial charge is 0.435 e. The molecule has 0 amide bonds. The minimum absolute atomic E-state index is 0.0510. The highest BCUT2D eigenvalue weighted by molar-refractivity contribution is 5.79. The molecule has 2 rings (SSSR count). The fraction of sp³-hybridized carbons (Fsp3) is 0.474. The zero-order valence-electron chi connectivity index (χ0n) is 17.4. The summed E-state index contributed by atoms with van der Waals surface area (Å²) in [6.07, 6.45) is -3.16. The number of aromatic nitrogens is 2. The number of nitrogens with one attached hydrogen (secondary N) is 1. The molecule has 10 heteroatoms. The molecule has 0 unspecified atom stereocenters. The molecule has 0 saturated heterocycles. The van der Waals surface area contributed by atoms with Crippen molar-refractivity contribution in [1.82, 2.24) is 20.0 Å². The summed E-state index contributed by atoms with van der Waals surface area (Å²) in [6, 6.07) is 3.75. The first kappa shape index (κ1) is 22.4. The average Bonchev–Trinajstić information content (AvgIpc) is 3.04. The van der Waals surface area contributed by atoms with Crippen molar-refractivity contribution < 1.29 is 22.6 Å².